The highest BCUT2D eigenvalue weighted by Crippen LogP contribution is 2.35. The van der Waals surface area contributed by atoms with E-state index in [-0.39, 0.29) is 11.7 Å². The van der Waals surface area contributed by atoms with E-state index in [1.165, 1.54) is 12.1 Å². The molecule has 1 saturated heterocycles. The SMILES string of the molecule is Cc1ccc(C(=O)N2CC[C@@]3(C2)Cn2c(-c4cccc(F)c4)cnc2CO3)o1. The largest absolute Gasteiger partial charge is 0.456 e. The summed E-state index contributed by atoms with van der Waals surface area (Å²) in [5, 5.41) is 0. The van der Waals surface area contributed by atoms with Gasteiger partial charge in [-0.3, -0.25) is 4.79 Å². The highest BCUT2D eigenvalue weighted by atomic mass is 19.1. The number of benzene rings is 1. The number of hydrogen-bond acceptors (Lipinski definition) is 4. The number of amides is 1. The van der Waals surface area contributed by atoms with E-state index in [0.29, 0.717) is 37.8 Å². The van der Waals surface area contributed by atoms with Crippen molar-refractivity contribution in [2.75, 3.05) is 13.1 Å². The van der Waals surface area contributed by atoms with E-state index >= 15 is 0 Å². The fourth-order valence-electron chi connectivity index (χ4n) is 4.11. The average molecular weight is 381 g/mol. The molecule has 7 heteroatoms. The minimum Gasteiger partial charge on any atom is -0.456 e. The van der Waals surface area contributed by atoms with Crippen LogP contribution in [0.5, 0.6) is 0 Å². The van der Waals surface area contributed by atoms with Gasteiger partial charge in [0, 0.05) is 12.1 Å². The second-order valence-corrected chi connectivity index (χ2v) is 7.51. The van der Waals surface area contributed by atoms with Gasteiger partial charge < -0.3 is 18.6 Å². The Kier molecular flexibility index (Phi) is 3.87. The van der Waals surface area contributed by atoms with Gasteiger partial charge in [-0.1, -0.05) is 12.1 Å². The number of halogens is 1. The van der Waals surface area contributed by atoms with E-state index in [2.05, 4.69) is 9.55 Å². The number of aryl methyl sites for hydroxylation is 1. The van der Waals surface area contributed by atoms with Crippen molar-refractivity contribution >= 4 is 5.91 Å². The second-order valence-electron chi connectivity index (χ2n) is 7.51. The maximum atomic E-state index is 13.7. The number of rotatable bonds is 2. The lowest BCUT2D eigenvalue weighted by Crippen LogP contribution is -2.45. The van der Waals surface area contributed by atoms with Crippen molar-refractivity contribution in [1.29, 1.82) is 0 Å². The molecule has 2 aliphatic rings. The van der Waals surface area contributed by atoms with Crippen LogP contribution in [-0.2, 0) is 17.9 Å². The molecule has 0 aliphatic carbocycles. The van der Waals surface area contributed by atoms with E-state index in [4.69, 9.17) is 9.15 Å². The maximum Gasteiger partial charge on any atom is 0.289 e. The van der Waals surface area contributed by atoms with Crippen LogP contribution in [0.4, 0.5) is 4.39 Å². The molecule has 0 saturated carbocycles. The van der Waals surface area contributed by atoms with Crippen LogP contribution in [0.1, 0.15) is 28.6 Å². The Morgan fingerprint density at radius 1 is 1.25 bits per heavy atom. The van der Waals surface area contributed by atoms with Gasteiger partial charge in [0.25, 0.3) is 5.91 Å². The lowest BCUT2D eigenvalue weighted by Gasteiger charge is -2.35. The number of imidazole rings is 1. The van der Waals surface area contributed by atoms with Crippen LogP contribution in [0.15, 0.2) is 47.0 Å². The molecule has 0 radical (unpaired) electrons. The monoisotopic (exact) mass is 381 g/mol. The smallest absolute Gasteiger partial charge is 0.289 e. The van der Waals surface area contributed by atoms with Gasteiger partial charge in [0.1, 0.15) is 29.6 Å². The Labute approximate surface area is 161 Å². The standard InChI is InChI=1S/C21H20FN3O3/c1-14-5-6-18(28-14)20(26)24-8-7-21(12-24)13-25-17(10-23-19(25)11-27-21)15-3-2-4-16(22)9-15/h2-6,9-10H,7-8,11-13H2,1H3/t21-/m1/s1. The summed E-state index contributed by atoms with van der Waals surface area (Å²) in [6.07, 6.45) is 2.49. The van der Waals surface area contributed by atoms with Crippen LogP contribution >= 0.6 is 0 Å². The number of hydrogen-bond donors (Lipinski definition) is 0. The molecule has 28 heavy (non-hydrogen) atoms. The Bertz CT molecular complexity index is 1060. The first-order valence-electron chi connectivity index (χ1n) is 9.33. The summed E-state index contributed by atoms with van der Waals surface area (Å²) in [6, 6.07) is 10.0. The van der Waals surface area contributed by atoms with E-state index in [1.54, 1.807) is 29.3 Å². The fourth-order valence-corrected chi connectivity index (χ4v) is 4.11. The molecule has 1 spiro atoms. The van der Waals surface area contributed by atoms with Crippen molar-refractivity contribution in [2.24, 2.45) is 0 Å². The summed E-state index contributed by atoms with van der Waals surface area (Å²) in [5.41, 5.74) is 1.18. The predicted octanol–water partition coefficient (Wildman–Crippen LogP) is 3.41. The molecule has 1 amide bonds. The predicted molar refractivity (Wildman–Crippen MR) is 99.1 cm³/mol. The molecule has 0 unspecified atom stereocenters. The Morgan fingerprint density at radius 3 is 2.93 bits per heavy atom. The van der Waals surface area contributed by atoms with E-state index in [1.807, 2.05) is 13.0 Å². The molecule has 1 atom stereocenters. The van der Waals surface area contributed by atoms with Crippen molar-refractivity contribution in [2.45, 2.75) is 32.1 Å². The highest BCUT2D eigenvalue weighted by molar-refractivity contribution is 5.91. The number of furan rings is 1. The molecule has 144 valence electrons. The normalized spacial score (nSPS) is 21.3. The minimum absolute atomic E-state index is 0.115. The van der Waals surface area contributed by atoms with Gasteiger partial charge in [-0.2, -0.15) is 0 Å². The minimum atomic E-state index is -0.465. The van der Waals surface area contributed by atoms with E-state index < -0.39 is 5.60 Å². The topological polar surface area (TPSA) is 60.5 Å². The van der Waals surface area contributed by atoms with Gasteiger partial charge in [-0.15, -0.1) is 0 Å². The van der Waals surface area contributed by atoms with Gasteiger partial charge in [0.05, 0.1) is 25.0 Å². The first-order valence-corrected chi connectivity index (χ1v) is 9.33. The molecule has 4 heterocycles. The molecule has 5 rings (SSSR count). The van der Waals surface area contributed by atoms with Gasteiger partial charge in [-0.25, -0.2) is 9.37 Å². The van der Waals surface area contributed by atoms with Gasteiger partial charge in [0.2, 0.25) is 0 Å². The van der Waals surface area contributed by atoms with Crippen molar-refractivity contribution in [1.82, 2.24) is 14.5 Å². The molecule has 6 nitrogen and oxygen atoms in total. The fraction of sp³-hybridized carbons (Fsp3) is 0.333. The molecular formula is C21H20FN3O3. The summed E-state index contributed by atoms with van der Waals surface area (Å²) in [4.78, 5) is 18.9. The zero-order valence-corrected chi connectivity index (χ0v) is 15.5. The van der Waals surface area contributed by atoms with Crippen molar-refractivity contribution in [3.05, 3.63) is 65.8 Å². The summed E-state index contributed by atoms with van der Waals surface area (Å²) in [6.45, 7) is 3.87. The highest BCUT2D eigenvalue weighted by Gasteiger charge is 2.45. The van der Waals surface area contributed by atoms with Crippen molar-refractivity contribution in [3.8, 4) is 11.3 Å². The Morgan fingerprint density at radius 2 is 2.14 bits per heavy atom. The van der Waals surface area contributed by atoms with E-state index in [0.717, 1.165) is 23.5 Å². The first-order chi connectivity index (χ1) is 13.5. The van der Waals surface area contributed by atoms with Gasteiger partial charge in [0.15, 0.2) is 5.76 Å². The number of ether oxygens (including phenoxy) is 1. The molecule has 3 aromatic rings. The Balaban J connectivity index is 1.40. The third kappa shape index (κ3) is 2.82. The number of fused-ring (bicyclic) bond motifs is 1. The second kappa shape index (κ2) is 6.31. The van der Waals surface area contributed by atoms with Crippen LogP contribution in [0, 0.1) is 12.7 Å². The van der Waals surface area contributed by atoms with Crippen LogP contribution in [0.2, 0.25) is 0 Å². The molecule has 1 aromatic carbocycles. The van der Waals surface area contributed by atoms with Crippen molar-refractivity contribution < 1.29 is 18.3 Å². The lowest BCUT2D eigenvalue weighted by atomic mass is 10.0. The van der Waals surface area contributed by atoms with Crippen molar-refractivity contribution in [3.63, 3.8) is 0 Å². The molecule has 0 bridgehead atoms. The molecule has 2 aliphatic heterocycles. The van der Waals surface area contributed by atoms with Crippen LogP contribution in [0.25, 0.3) is 11.3 Å². The average Bonchev–Trinajstić information content (AvgIpc) is 3.40. The maximum absolute atomic E-state index is 13.7. The quantitative estimate of drug-likeness (QED) is 0.683. The summed E-state index contributed by atoms with van der Waals surface area (Å²) < 4.78 is 27.4. The number of aromatic nitrogens is 2. The molecular weight excluding hydrogens is 361 g/mol. The first kappa shape index (κ1) is 17.2. The van der Waals surface area contributed by atoms with Crippen LogP contribution in [-0.4, -0.2) is 39.0 Å². The summed E-state index contributed by atoms with van der Waals surface area (Å²) >= 11 is 0. The van der Waals surface area contributed by atoms with E-state index in [9.17, 15) is 9.18 Å². The zero-order valence-electron chi connectivity index (χ0n) is 15.5. The number of likely N-dealkylation sites (tertiary alicyclic amines) is 1. The number of nitrogens with zero attached hydrogens (tertiary/aromatic N) is 3. The molecule has 0 N–H and O–H groups in total. The summed E-state index contributed by atoms with van der Waals surface area (Å²) in [7, 11) is 0. The Hall–Kier alpha value is -2.93. The number of carbonyl (C=O) groups excluding carboxylic acids is 1. The van der Waals surface area contributed by atoms with Crippen LogP contribution < -0.4 is 0 Å². The van der Waals surface area contributed by atoms with Gasteiger partial charge >= 0.3 is 0 Å². The zero-order chi connectivity index (χ0) is 19.3. The lowest BCUT2D eigenvalue weighted by molar-refractivity contribution is -0.0805. The molecule has 2 aromatic heterocycles. The third-order valence-corrected chi connectivity index (χ3v) is 5.57. The van der Waals surface area contributed by atoms with Gasteiger partial charge in [-0.05, 0) is 37.6 Å². The third-order valence-electron chi connectivity index (χ3n) is 5.57. The summed E-state index contributed by atoms with van der Waals surface area (Å²) in [5.74, 6) is 1.50. The molecule has 1 fully saturated rings. The number of carbonyl (C=O) groups is 1. The van der Waals surface area contributed by atoms with Crippen LogP contribution in [0.3, 0.4) is 0 Å².